The van der Waals surface area contributed by atoms with E-state index in [2.05, 4.69) is 78.4 Å². The quantitative estimate of drug-likeness (QED) is 0.663. The van der Waals surface area contributed by atoms with Gasteiger partial charge in [-0.2, -0.15) is 0 Å². The van der Waals surface area contributed by atoms with E-state index in [1.165, 1.54) is 26.9 Å². The van der Waals surface area contributed by atoms with Crippen LogP contribution in [0.3, 0.4) is 0 Å². The fraction of sp³-hybridized carbons (Fsp3) is 0.0588. The van der Waals surface area contributed by atoms with Gasteiger partial charge >= 0.3 is 0 Å². The third kappa shape index (κ3) is 3.83. The highest BCUT2D eigenvalue weighted by molar-refractivity contribution is 8.00. The van der Waals surface area contributed by atoms with Gasteiger partial charge in [0.2, 0.25) is 0 Å². The molecule has 1 N–H and O–H groups in total. The summed E-state index contributed by atoms with van der Waals surface area (Å²) < 4.78 is 3.41. The third-order valence-corrected chi connectivity index (χ3v) is 3.96. The SMILES string of the molecule is Cc1ccccc1NSc1ccc2ccccc2c1.O=O. The van der Waals surface area contributed by atoms with Gasteiger partial charge in [-0.25, -0.2) is 0 Å². The van der Waals surface area contributed by atoms with Crippen molar-refractivity contribution in [2.45, 2.75) is 11.8 Å². The second kappa shape index (κ2) is 7.45. The number of fused-ring (bicyclic) bond motifs is 1. The first-order chi connectivity index (χ1) is 10.3. The second-order valence-corrected chi connectivity index (χ2v) is 5.41. The Bertz CT molecular complexity index is 731. The monoisotopic (exact) mass is 297 g/mol. The lowest BCUT2D eigenvalue weighted by Gasteiger charge is -2.08. The molecular formula is C17H15NO2S. The van der Waals surface area contributed by atoms with Gasteiger partial charge in [-0.1, -0.05) is 48.5 Å². The lowest BCUT2D eigenvalue weighted by molar-refractivity contribution is 1.46. The number of para-hydroxylation sites is 1. The molecular weight excluding hydrogens is 282 g/mol. The predicted octanol–water partition coefficient (Wildman–Crippen LogP) is 5.33. The number of hydrogen-bond acceptors (Lipinski definition) is 4. The zero-order valence-electron chi connectivity index (χ0n) is 11.6. The maximum atomic E-state index is 7.00. The summed E-state index contributed by atoms with van der Waals surface area (Å²) in [5.41, 5.74) is 2.43. The number of anilines is 1. The van der Waals surface area contributed by atoms with Crippen LogP contribution in [-0.4, -0.2) is 0 Å². The minimum absolute atomic E-state index is 1.17. The van der Waals surface area contributed by atoms with Gasteiger partial charge in [-0.05, 0) is 53.4 Å². The van der Waals surface area contributed by atoms with Gasteiger partial charge in [-0.15, -0.1) is 0 Å². The van der Waals surface area contributed by atoms with Crippen LogP contribution in [0.2, 0.25) is 0 Å². The summed E-state index contributed by atoms with van der Waals surface area (Å²) in [6.45, 7) is 2.11. The summed E-state index contributed by atoms with van der Waals surface area (Å²) in [5.74, 6) is 0. The Hall–Kier alpha value is -2.33. The fourth-order valence-electron chi connectivity index (χ4n) is 2.03. The first-order valence-corrected chi connectivity index (χ1v) is 7.28. The molecule has 4 heteroatoms. The van der Waals surface area contributed by atoms with Crippen molar-refractivity contribution in [3.8, 4) is 0 Å². The third-order valence-electron chi connectivity index (χ3n) is 3.14. The van der Waals surface area contributed by atoms with Crippen molar-refractivity contribution >= 4 is 28.4 Å². The fourth-order valence-corrected chi connectivity index (χ4v) is 2.81. The summed E-state index contributed by atoms with van der Waals surface area (Å²) in [6, 6.07) is 23.3. The van der Waals surface area contributed by atoms with Crippen molar-refractivity contribution in [1.82, 2.24) is 0 Å². The van der Waals surface area contributed by atoms with E-state index in [0.717, 1.165) is 0 Å². The van der Waals surface area contributed by atoms with E-state index in [-0.39, 0.29) is 0 Å². The molecule has 0 amide bonds. The highest BCUT2D eigenvalue weighted by Crippen LogP contribution is 2.26. The van der Waals surface area contributed by atoms with Crippen LogP contribution in [0.5, 0.6) is 0 Å². The predicted molar refractivity (Wildman–Crippen MR) is 91.3 cm³/mol. The second-order valence-electron chi connectivity index (χ2n) is 4.53. The smallest absolute Gasteiger partial charge is 0.0472 e. The molecule has 0 aliphatic carbocycles. The van der Waals surface area contributed by atoms with Gasteiger partial charge in [-0.3, -0.25) is 0 Å². The molecule has 3 aromatic carbocycles. The molecule has 106 valence electrons. The Balaban J connectivity index is 0.000000774. The van der Waals surface area contributed by atoms with Crippen LogP contribution < -0.4 is 4.72 Å². The summed E-state index contributed by atoms with van der Waals surface area (Å²) >= 11 is 1.65. The van der Waals surface area contributed by atoms with Crippen molar-refractivity contribution in [2.75, 3.05) is 4.72 Å². The van der Waals surface area contributed by atoms with Crippen LogP contribution in [0.1, 0.15) is 5.56 Å². The van der Waals surface area contributed by atoms with Crippen molar-refractivity contribution in [3.05, 3.63) is 82.2 Å². The van der Waals surface area contributed by atoms with Gasteiger partial charge in [0.1, 0.15) is 0 Å². The van der Waals surface area contributed by atoms with Crippen LogP contribution in [0.15, 0.2) is 71.6 Å². The maximum absolute atomic E-state index is 7.00. The molecule has 0 unspecified atom stereocenters. The molecule has 0 aromatic heterocycles. The molecule has 0 saturated carbocycles. The summed E-state index contributed by atoms with van der Waals surface area (Å²) in [4.78, 5) is 15.2. The number of rotatable bonds is 3. The van der Waals surface area contributed by atoms with E-state index in [9.17, 15) is 0 Å². The van der Waals surface area contributed by atoms with Crippen molar-refractivity contribution in [1.29, 1.82) is 0 Å². The minimum atomic E-state index is 1.17. The standard InChI is InChI=1S/C17H15NS.O2/c1-13-6-2-5-9-17(13)18-19-16-11-10-14-7-3-4-8-15(14)12-16;1-2/h2-12,18H,1H3;. The number of hydrogen-bond donors (Lipinski definition) is 1. The Labute approximate surface area is 127 Å². The Morgan fingerprint density at radius 1 is 0.810 bits per heavy atom. The van der Waals surface area contributed by atoms with E-state index in [1.54, 1.807) is 11.9 Å². The summed E-state index contributed by atoms with van der Waals surface area (Å²) in [6.07, 6.45) is 0. The number of benzene rings is 3. The molecule has 3 aromatic rings. The molecule has 0 atom stereocenters. The topological polar surface area (TPSA) is 46.2 Å². The lowest BCUT2D eigenvalue weighted by atomic mass is 10.1. The first kappa shape index (κ1) is 15.1. The highest BCUT2D eigenvalue weighted by Gasteiger charge is 1.99. The Morgan fingerprint density at radius 3 is 2.24 bits per heavy atom. The van der Waals surface area contributed by atoms with Crippen molar-refractivity contribution in [2.24, 2.45) is 0 Å². The molecule has 0 aliphatic rings. The van der Waals surface area contributed by atoms with Crippen LogP contribution in [0, 0.1) is 16.9 Å². The first-order valence-electron chi connectivity index (χ1n) is 6.47. The van der Waals surface area contributed by atoms with Gasteiger partial charge in [0.25, 0.3) is 0 Å². The number of aryl methyl sites for hydroxylation is 1. The van der Waals surface area contributed by atoms with Gasteiger partial charge in [0, 0.05) is 20.5 Å². The van der Waals surface area contributed by atoms with Crippen LogP contribution in [0.4, 0.5) is 5.69 Å². The molecule has 3 nitrogen and oxygen atoms in total. The van der Waals surface area contributed by atoms with Gasteiger partial charge in [0.15, 0.2) is 0 Å². The molecule has 0 bridgehead atoms. The Morgan fingerprint density at radius 2 is 1.48 bits per heavy atom. The van der Waals surface area contributed by atoms with Gasteiger partial charge in [0.05, 0.1) is 0 Å². The van der Waals surface area contributed by atoms with Crippen LogP contribution in [-0.2, 0) is 0 Å². The summed E-state index contributed by atoms with van der Waals surface area (Å²) in [7, 11) is 0. The molecule has 21 heavy (non-hydrogen) atoms. The van der Waals surface area contributed by atoms with E-state index < -0.39 is 0 Å². The molecule has 0 fully saturated rings. The van der Waals surface area contributed by atoms with Crippen molar-refractivity contribution < 1.29 is 0 Å². The molecule has 0 spiro atoms. The normalized spacial score (nSPS) is 9.76. The molecule has 3 rings (SSSR count). The lowest BCUT2D eigenvalue weighted by Crippen LogP contribution is -1.89. The van der Waals surface area contributed by atoms with E-state index in [0.29, 0.717) is 0 Å². The van der Waals surface area contributed by atoms with Crippen LogP contribution >= 0.6 is 11.9 Å². The average molecular weight is 297 g/mol. The van der Waals surface area contributed by atoms with Crippen molar-refractivity contribution in [3.63, 3.8) is 0 Å². The molecule has 0 heterocycles. The zero-order valence-corrected chi connectivity index (χ0v) is 12.4. The summed E-state index contributed by atoms with van der Waals surface area (Å²) in [5, 5.41) is 2.56. The molecule has 0 radical (unpaired) electrons. The van der Waals surface area contributed by atoms with Crippen LogP contribution in [0.25, 0.3) is 10.8 Å². The number of nitrogens with one attached hydrogen (secondary N) is 1. The van der Waals surface area contributed by atoms with E-state index in [4.69, 9.17) is 9.93 Å². The highest BCUT2D eigenvalue weighted by atomic mass is 32.2. The maximum Gasteiger partial charge on any atom is 0.0472 e. The zero-order chi connectivity index (χ0) is 15.1. The van der Waals surface area contributed by atoms with E-state index >= 15 is 0 Å². The molecule has 0 aliphatic heterocycles. The largest absolute Gasteiger partial charge is 0.325 e. The Kier molecular flexibility index (Phi) is 5.35. The minimum Gasteiger partial charge on any atom is -0.325 e. The van der Waals surface area contributed by atoms with Gasteiger partial charge < -0.3 is 4.72 Å². The average Bonchev–Trinajstić information content (AvgIpc) is 2.56. The molecule has 0 saturated heterocycles. The van der Waals surface area contributed by atoms with E-state index in [1.807, 2.05) is 0 Å².